The van der Waals surface area contributed by atoms with Crippen LogP contribution in [0.2, 0.25) is 0 Å². The number of ether oxygens (including phenoxy) is 1. The molecule has 3 aromatic rings. The molecule has 0 aliphatic carbocycles. The number of carbonyl (C=O) groups is 2. The van der Waals surface area contributed by atoms with E-state index < -0.39 is 47.0 Å². The summed E-state index contributed by atoms with van der Waals surface area (Å²) in [5.74, 6) is -3.01. The van der Waals surface area contributed by atoms with E-state index in [1.807, 2.05) is 54.6 Å². The summed E-state index contributed by atoms with van der Waals surface area (Å²) in [6.07, 6.45) is -5.34. The normalized spacial score (nSPS) is 12.8. The van der Waals surface area contributed by atoms with E-state index in [9.17, 15) is 22.8 Å². The topological polar surface area (TPSA) is 106 Å². The zero-order valence-electron chi connectivity index (χ0n) is 19.8. The molecule has 192 valence electrons. The molecule has 10 heteroatoms. The third-order valence-corrected chi connectivity index (χ3v) is 5.49. The van der Waals surface area contributed by atoms with E-state index >= 15 is 0 Å². The van der Waals surface area contributed by atoms with Crippen molar-refractivity contribution in [3.8, 4) is 16.9 Å². The summed E-state index contributed by atoms with van der Waals surface area (Å²) in [6, 6.07) is 18.9. The number of halogens is 3. The Morgan fingerprint density at radius 1 is 1.05 bits per heavy atom. The minimum Gasteiger partial charge on any atom is -0.504 e. The zero-order valence-corrected chi connectivity index (χ0v) is 19.8. The summed E-state index contributed by atoms with van der Waals surface area (Å²) in [4.78, 5) is 26.4. The van der Waals surface area contributed by atoms with Crippen molar-refractivity contribution in [3.63, 3.8) is 0 Å². The van der Waals surface area contributed by atoms with Crippen molar-refractivity contribution in [2.45, 2.75) is 31.5 Å². The summed E-state index contributed by atoms with van der Waals surface area (Å²) in [7, 11) is 0. The number of hydrogen-bond donors (Lipinski definition) is 3. The highest BCUT2D eigenvalue weighted by atomic mass is 19.4. The minimum absolute atomic E-state index is 0.124. The second-order valence-electron chi connectivity index (χ2n) is 8.59. The van der Waals surface area contributed by atoms with Gasteiger partial charge in [0.1, 0.15) is 11.3 Å². The first kappa shape index (κ1) is 27.2. The molecule has 1 amide bonds. The van der Waals surface area contributed by atoms with Crippen molar-refractivity contribution in [3.05, 3.63) is 89.3 Å². The SMILES string of the molecule is [C-]#[N+]c1cc(NC(=O)[C@@](C)(N)CC(=O)O)cc(C(F)(F)F)c1OCCc1ccc(-c2ccccc2)cc1. The number of alkyl halides is 3. The van der Waals surface area contributed by atoms with E-state index in [1.54, 1.807) is 0 Å². The first-order chi connectivity index (χ1) is 17.4. The van der Waals surface area contributed by atoms with Gasteiger partial charge in [-0.15, -0.1) is 0 Å². The smallest absolute Gasteiger partial charge is 0.418 e. The number of nitrogens with one attached hydrogen (secondary N) is 1. The number of hydrogen-bond acceptors (Lipinski definition) is 4. The zero-order chi connectivity index (χ0) is 27.2. The maximum absolute atomic E-state index is 13.8. The number of anilines is 1. The van der Waals surface area contributed by atoms with Crippen LogP contribution in [-0.2, 0) is 22.2 Å². The number of aliphatic carboxylic acids is 1. The van der Waals surface area contributed by atoms with Crippen LogP contribution in [0.4, 0.5) is 24.5 Å². The first-order valence-corrected chi connectivity index (χ1v) is 11.1. The van der Waals surface area contributed by atoms with Gasteiger partial charge in [0.05, 0.1) is 25.2 Å². The van der Waals surface area contributed by atoms with Gasteiger partial charge in [0.25, 0.3) is 0 Å². The Hall–Kier alpha value is -4.36. The number of rotatable bonds is 9. The number of carboxylic acid groups (broad SMARTS) is 1. The predicted molar refractivity (Wildman–Crippen MR) is 132 cm³/mol. The Labute approximate surface area is 211 Å². The molecule has 0 bridgehead atoms. The molecule has 0 aliphatic heterocycles. The van der Waals surface area contributed by atoms with E-state index in [0.717, 1.165) is 29.7 Å². The van der Waals surface area contributed by atoms with Gasteiger partial charge in [0.15, 0.2) is 0 Å². The summed E-state index contributed by atoms with van der Waals surface area (Å²) in [5.41, 5.74) is 4.63. The molecule has 3 aromatic carbocycles. The van der Waals surface area contributed by atoms with E-state index in [4.69, 9.17) is 22.1 Å². The van der Waals surface area contributed by atoms with Crippen molar-refractivity contribution in [2.24, 2.45) is 5.73 Å². The third-order valence-electron chi connectivity index (χ3n) is 5.49. The van der Waals surface area contributed by atoms with Gasteiger partial charge in [-0.2, -0.15) is 13.2 Å². The third kappa shape index (κ3) is 7.08. The molecule has 0 saturated heterocycles. The number of nitrogens with zero attached hydrogens (tertiary/aromatic N) is 1. The van der Waals surface area contributed by atoms with Crippen LogP contribution in [0.15, 0.2) is 66.7 Å². The van der Waals surface area contributed by atoms with Gasteiger partial charge in [-0.25, -0.2) is 4.85 Å². The number of benzene rings is 3. The quantitative estimate of drug-likeness (QED) is 0.321. The van der Waals surface area contributed by atoms with Crippen molar-refractivity contribution >= 4 is 23.3 Å². The molecule has 0 radical (unpaired) electrons. The van der Waals surface area contributed by atoms with Crippen LogP contribution in [0.25, 0.3) is 16.0 Å². The predicted octanol–water partition coefficient (Wildman–Crippen LogP) is 5.68. The fraction of sp³-hybridized carbons (Fsp3) is 0.222. The van der Waals surface area contributed by atoms with Crippen molar-refractivity contribution in [1.29, 1.82) is 0 Å². The molecule has 37 heavy (non-hydrogen) atoms. The van der Waals surface area contributed by atoms with Crippen molar-refractivity contribution in [1.82, 2.24) is 0 Å². The van der Waals surface area contributed by atoms with Gasteiger partial charge in [0.2, 0.25) is 11.6 Å². The van der Waals surface area contributed by atoms with E-state index in [2.05, 4.69) is 10.2 Å². The highest BCUT2D eigenvalue weighted by Gasteiger charge is 2.37. The molecule has 0 aliphatic rings. The van der Waals surface area contributed by atoms with E-state index in [1.165, 1.54) is 0 Å². The van der Waals surface area contributed by atoms with Gasteiger partial charge >= 0.3 is 12.1 Å². The average molecular weight is 512 g/mol. The van der Waals surface area contributed by atoms with Crippen LogP contribution in [0, 0.1) is 6.57 Å². The molecule has 3 rings (SSSR count). The van der Waals surface area contributed by atoms with Gasteiger partial charge < -0.3 is 20.9 Å². The van der Waals surface area contributed by atoms with Gasteiger partial charge in [-0.05, 0) is 35.7 Å². The van der Waals surface area contributed by atoms with Crippen LogP contribution in [-0.4, -0.2) is 29.1 Å². The lowest BCUT2D eigenvalue weighted by atomic mass is 9.98. The molecular weight excluding hydrogens is 487 g/mol. The van der Waals surface area contributed by atoms with Gasteiger partial charge in [-0.1, -0.05) is 54.6 Å². The van der Waals surface area contributed by atoms with Gasteiger partial charge in [0, 0.05) is 12.1 Å². The number of amides is 1. The Balaban J connectivity index is 1.78. The van der Waals surface area contributed by atoms with Crippen LogP contribution < -0.4 is 15.8 Å². The Morgan fingerprint density at radius 3 is 2.24 bits per heavy atom. The number of carboxylic acids is 1. The van der Waals surface area contributed by atoms with Gasteiger partial charge in [-0.3, -0.25) is 9.59 Å². The average Bonchev–Trinajstić information content (AvgIpc) is 2.84. The molecule has 1 atom stereocenters. The minimum atomic E-state index is -4.89. The highest BCUT2D eigenvalue weighted by Crippen LogP contribution is 2.44. The number of carbonyl (C=O) groups excluding carboxylic acids is 1. The molecule has 4 N–H and O–H groups in total. The standard InChI is InChI=1S/C27H24F3N3O4/c1-26(31,16-23(34)35)25(36)33-20-14-21(27(28,29)30)24(22(15-20)32-2)37-13-12-17-8-10-19(11-9-17)18-6-4-3-5-7-18/h3-11,14-15H,12-13,16,31H2,1H3,(H,33,36)(H,34,35)/t26-/m0/s1. The fourth-order valence-electron chi connectivity index (χ4n) is 3.56. The fourth-order valence-corrected chi connectivity index (χ4v) is 3.56. The van der Waals surface area contributed by atoms with Crippen molar-refractivity contribution < 1.29 is 32.6 Å². The summed E-state index contributed by atoms with van der Waals surface area (Å²) in [6.45, 7) is 8.36. The molecule has 7 nitrogen and oxygen atoms in total. The Kier molecular flexibility index (Phi) is 8.20. The lowest BCUT2D eigenvalue weighted by Crippen LogP contribution is -2.49. The van der Waals surface area contributed by atoms with E-state index in [-0.39, 0.29) is 12.3 Å². The monoisotopic (exact) mass is 511 g/mol. The number of nitrogens with two attached hydrogens (primary N) is 1. The molecule has 0 saturated carbocycles. The lowest BCUT2D eigenvalue weighted by molar-refractivity contribution is -0.140. The molecule has 0 aromatic heterocycles. The largest absolute Gasteiger partial charge is 0.504 e. The maximum Gasteiger partial charge on any atom is 0.418 e. The summed E-state index contributed by atoms with van der Waals surface area (Å²) < 4.78 is 47.0. The molecule has 0 heterocycles. The Bertz CT molecular complexity index is 1320. The van der Waals surface area contributed by atoms with E-state index in [0.29, 0.717) is 12.5 Å². The van der Waals surface area contributed by atoms with Crippen molar-refractivity contribution in [2.75, 3.05) is 11.9 Å². The maximum atomic E-state index is 13.8. The second-order valence-corrected chi connectivity index (χ2v) is 8.59. The highest BCUT2D eigenvalue weighted by molar-refractivity contribution is 6.00. The Morgan fingerprint density at radius 2 is 1.68 bits per heavy atom. The lowest BCUT2D eigenvalue weighted by Gasteiger charge is -2.23. The molecular formula is C27H24F3N3O4. The molecule has 0 fully saturated rings. The van der Waals surface area contributed by atoms with Crippen LogP contribution in [0.5, 0.6) is 5.75 Å². The first-order valence-electron chi connectivity index (χ1n) is 11.1. The summed E-state index contributed by atoms with van der Waals surface area (Å²) in [5, 5.41) is 11.1. The molecule has 0 spiro atoms. The second kappa shape index (κ2) is 11.1. The summed E-state index contributed by atoms with van der Waals surface area (Å²) >= 11 is 0. The molecule has 0 unspecified atom stereocenters. The van der Waals surface area contributed by atoms with Crippen LogP contribution in [0.3, 0.4) is 0 Å². The van der Waals surface area contributed by atoms with Crippen LogP contribution >= 0.6 is 0 Å². The van der Waals surface area contributed by atoms with Crippen LogP contribution in [0.1, 0.15) is 24.5 Å².